The van der Waals surface area contributed by atoms with Crippen LogP contribution in [0.2, 0.25) is 0 Å². The zero-order chi connectivity index (χ0) is 15.4. The lowest BCUT2D eigenvalue weighted by atomic mass is 10.1. The molecule has 1 aliphatic heterocycles. The van der Waals surface area contributed by atoms with Crippen molar-refractivity contribution in [1.82, 2.24) is 10.2 Å². The molecule has 1 aromatic heterocycles. The van der Waals surface area contributed by atoms with E-state index in [2.05, 4.69) is 10.2 Å². The predicted octanol–water partition coefficient (Wildman–Crippen LogP) is 3.15. The van der Waals surface area contributed by atoms with E-state index in [-0.39, 0.29) is 11.9 Å². The van der Waals surface area contributed by atoms with Gasteiger partial charge in [0.1, 0.15) is 5.76 Å². The quantitative estimate of drug-likeness (QED) is 0.922. The molecule has 3 rings (SSSR count). The number of benzene rings is 1. The summed E-state index contributed by atoms with van der Waals surface area (Å²) in [4.78, 5) is 14.7. The first-order valence-electron chi connectivity index (χ1n) is 7.86. The second kappa shape index (κ2) is 6.79. The molecule has 0 saturated carbocycles. The van der Waals surface area contributed by atoms with Gasteiger partial charge in [-0.05, 0) is 57.1 Å². The maximum Gasteiger partial charge on any atom is 0.251 e. The zero-order valence-electron chi connectivity index (χ0n) is 12.9. The number of carbonyl (C=O) groups excluding carboxylic acids is 1. The summed E-state index contributed by atoms with van der Waals surface area (Å²) < 4.78 is 5.57. The number of likely N-dealkylation sites (tertiary alicyclic amines) is 1. The van der Waals surface area contributed by atoms with E-state index in [1.807, 2.05) is 43.3 Å². The normalized spacial score (nSPS) is 16.6. The number of hydrogen-bond donors (Lipinski definition) is 1. The molecule has 116 valence electrons. The summed E-state index contributed by atoms with van der Waals surface area (Å²) in [5, 5.41) is 3.04. The molecule has 22 heavy (non-hydrogen) atoms. The first-order valence-corrected chi connectivity index (χ1v) is 7.86. The first kappa shape index (κ1) is 14.9. The minimum atomic E-state index is -0.0317. The Morgan fingerprint density at radius 3 is 2.59 bits per heavy atom. The van der Waals surface area contributed by atoms with E-state index in [0.29, 0.717) is 12.1 Å². The Morgan fingerprint density at radius 1 is 1.23 bits per heavy atom. The van der Waals surface area contributed by atoms with Gasteiger partial charge in [0.2, 0.25) is 0 Å². The first-order chi connectivity index (χ1) is 10.7. The van der Waals surface area contributed by atoms with Crippen LogP contribution >= 0.6 is 0 Å². The van der Waals surface area contributed by atoms with Crippen molar-refractivity contribution in [3.05, 3.63) is 59.5 Å². The van der Waals surface area contributed by atoms with Crippen LogP contribution in [0.5, 0.6) is 0 Å². The molecular weight excluding hydrogens is 276 g/mol. The summed E-state index contributed by atoms with van der Waals surface area (Å²) in [7, 11) is 0. The second-order valence-electron chi connectivity index (χ2n) is 5.85. The molecule has 1 amide bonds. The Hall–Kier alpha value is -2.07. The Morgan fingerprint density at radius 2 is 1.95 bits per heavy atom. The maximum atomic E-state index is 12.3. The summed E-state index contributed by atoms with van der Waals surface area (Å²) in [6, 6.07) is 11.7. The number of nitrogens with one attached hydrogen (secondary N) is 1. The number of amides is 1. The monoisotopic (exact) mass is 298 g/mol. The van der Waals surface area contributed by atoms with Gasteiger partial charge in [-0.2, -0.15) is 0 Å². The lowest BCUT2D eigenvalue weighted by Gasteiger charge is -2.26. The highest BCUT2D eigenvalue weighted by Gasteiger charge is 2.25. The van der Waals surface area contributed by atoms with Crippen LogP contribution in [0.1, 0.15) is 40.6 Å². The Kier molecular flexibility index (Phi) is 4.59. The van der Waals surface area contributed by atoms with Crippen LogP contribution in [0.3, 0.4) is 0 Å². The molecule has 1 N–H and O–H groups in total. The number of carbonyl (C=O) groups is 1. The fraction of sp³-hybridized carbons (Fsp3) is 0.389. The summed E-state index contributed by atoms with van der Waals surface area (Å²) in [5.41, 5.74) is 1.85. The minimum absolute atomic E-state index is 0.0317. The van der Waals surface area contributed by atoms with Gasteiger partial charge in [-0.1, -0.05) is 17.7 Å². The van der Waals surface area contributed by atoms with Gasteiger partial charge < -0.3 is 9.73 Å². The van der Waals surface area contributed by atoms with E-state index in [1.54, 1.807) is 6.26 Å². The number of furan rings is 1. The van der Waals surface area contributed by atoms with Gasteiger partial charge in [0.05, 0.1) is 12.3 Å². The van der Waals surface area contributed by atoms with Crippen LogP contribution < -0.4 is 5.32 Å². The van der Waals surface area contributed by atoms with Crippen LogP contribution in [-0.2, 0) is 0 Å². The van der Waals surface area contributed by atoms with Crippen molar-refractivity contribution in [3.8, 4) is 0 Å². The van der Waals surface area contributed by atoms with Gasteiger partial charge in [-0.3, -0.25) is 9.69 Å². The molecule has 1 atom stereocenters. The summed E-state index contributed by atoms with van der Waals surface area (Å²) in [5.74, 6) is 0.891. The van der Waals surface area contributed by atoms with Crippen molar-refractivity contribution < 1.29 is 9.21 Å². The van der Waals surface area contributed by atoms with Gasteiger partial charge in [-0.15, -0.1) is 0 Å². The highest BCUT2D eigenvalue weighted by atomic mass is 16.3. The number of aryl methyl sites for hydroxylation is 1. The van der Waals surface area contributed by atoms with Gasteiger partial charge in [-0.25, -0.2) is 0 Å². The predicted molar refractivity (Wildman–Crippen MR) is 85.8 cm³/mol. The topological polar surface area (TPSA) is 45.5 Å². The van der Waals surface area contributed by atoms with Gasteiger partial charge in [0, 0.05) is 12.1 Å². The third kappa shape index (κ3) is 3.39. The van der Waals surface area contributed by atoms with Gasteiger partial charge in [0.25, 0.3) is 5.91 Å². The average Bonchev–Trinajstić information content (AvgIpc) is 3.22. The lowest BCUT2D eigenvalue weighted by Crippen LogP contribution is -2.36. The van der Waals surface area contributed by atoms with E-state index < -0.39 is 0 Å². The van der Waals surface area contributed by atoms with Crippen molar-refractivity contribution in [2.45, 2.75) is 25.8 Å². The van der Waals surface area contributed by atoms with Gasteiger partial charge in [0.15, 0.2) is 0 Å². The van der Waals surface area contributed by atoms with E-state index in [0.717, 1.165) is 24.4 Å². The fourth-order valence-corrected chi connectivity index (χ4v) is 2.94. The van der Waals surface area contributed by atoms with Crippen LogP contribution in [0.25, 0.3) is 0 Å². The van der Waals surface area contributed by atoms with Crippen molar-refractivity contribution in [2.75, 3.05) is 19.6 Å². The molecule has 2 heterocycles. The standard InChI is InChI=1S/C18H22N2O2/c1-14-6-8-15(9-7-14)18(21)19-13-16(17-5-4-12-22-17)20-10-2-3-11-20/h4-9,12,16H,2-3,10-11,13H2,1H3,(H,19,21)/t16-/m0/s1. The average molecular weight is 298 g/mol. The Bertz CT molecular complexity index is 599. The second-order valence-corrected chi connectivity index (χ2v) is 5.85. The van der Waals surface area contributed by atoms with Crippen molar-refractivity contribution >= 4 is 5.91 Å². The van der Waals surface area contributed by atoms with Crippen LogP contribution in [0.4, 0.5) is 0 Å². The molecule has 0 radical (unpaired) electrons. The lowest BCUT2D eigenvalue weighted by molar-refractivity contribution is 0.0934. The third-order valence-electron chi connectivity index (χ3n) is 4.22. The maximum absolute atomic E-state index is 12.3. The summed E-state index contributed by atoms with van der Waals surface area (Å²) >= 11 is 0. The molecule has 1 saturated heterocycles. The number of nitrogens with zero attached hydrogens (tertiary/aromatic N) is 1. The fourth-order valence-electron chi connectivity index (χ4n) is 2.94. The smallest absolute Gasteiger partial charge is 0.251 e. The third-order valence-corrected chi connectivity index (χ3v) is 4.22. The molecule has 4 nitrogen and oxygen atoms in total. The SMILES string of the molecule is Cc1ccc(C(=O)NC[C@@H](c2ccco2)N2CCCC2)cc1. The molecule has 0 aliphatic carbocycles. The highest BCUT2D eigenvalue weighted by Crippen LogP contribution is 2.24. The number of hydrogen-bond acceptors (Lipinski definition) is 3. The molecule has 1 aromatic carbocycles. The van der Waals surface area contributed by atoms with Gasteiger partial charge >= 0.3 is 0 Å². The molecule has 4 heteroatoms. The van der Waals surface area contributed by atoms with Crippen molar-refractivity contribution in [1.29, 1.82) is 0 Å². The summed E-state index contributed by atoms with van der Waals surface area (Å²) in [6.45, 7) is 4.71. The van der Waals surface area contributed by atoms with Crippen LogP contribution in [0.15, 0.2) is 47.1 Å². The van der Waals surface area contributed by atoms with Crippen LogP contribution in [-0.4, -0.2) is 30.4 Å². The van der Waals surface area contributed by atoms with Crippen molar-refractivity contribution in [2.24, 2.45) is 0 Å². The molecular formula is C18H22N2O2. The van der Waals surface area contributed by atoms with Crippen molar-refractivity contribution in [3.63, 3.8) is 0 Å². The Balaban J connectivity index is 1.66. The molecule has 0 unspecified atom stereocenters. The molecule has 0 spiro atoms. The molecule has 0 bridgehead atoms. The van der Waals surface area contributed by atoms with E-state index >= 15 is 0 Å². The molecule has 1 fully saturated rings. The van der Waals surface area contributed by atoms with Crippen LogP contribution in [0, 0.1) is 6.92 Å². The highest BCUT2D eigenvalue weighted by molar-refractivity contribution is 5.94. The summed E-state index contributed by atoms with van der Waals surface area (Å²) in [6.07, 6.45) is 4.12. The largest absolute Gasteiger partial charge is 0.468 e. The number of rotatable bonds is 5. The molecule has 1 aliphatic rings. The molecule has 2 aromatic rings. The zero-order valence-corrected chi connectivity index (χ0v) is 12.9. The van der Waals surface area contributed by atoms with E-state index in [4.69, 9.17) is 4.42 Å². The Labute approximate surface area is 131 Å². The van der Waals surface area contributed by atoms with E-state index in [1.165, 1.54) is 12.8 Å². The van der Waals surface area contributed by atoms with E-state index in [9.17, 15) is 4.79 Å². The minimum Gasteiger partial charge on any atom is -0.468 e.